The first-order valence-corrected chi connectivity index (χ1v) is 6.74. The fraction of sp³-hybridized carbons (Fsp3) is 0.571. The van der Waals surface area contributed by atoms with Gasteiger partial charge in [0.15, 0.2) is 0 Å². The van der Waals surface area contributed by atoms with Gasteiger partial charge in [-0.25, -0.2) is 4.98 Å². The summed E-state index contributed by atoms with van der Waals surface area (Å²) < 4.78 is 0. The number of nitrogens with one attached hydrogen (secondary N) is 1. The van der Waals surface area contributed by atoms with Gasteiger partial charge in [-0.05, 0) is 18.6 Å². The number of aromatic nitrogens is 1. The van der Waals surface area contributed by atoms with Gasteiger partial charge in [-0.2, -0.15) is 0 Å². The lowest BCUT2D eigenvalue weighted by atomic mass is 10.1. The number of carbonyl (C=O) groups excluding carboxylic acids is 1. The van der Waals surface area contributed by atoms with Gasteiger partial charge in [0, 0.05) is 6.54 Å². The van der Waals surface area contributed by atoms with Crippen molar-refractivity contribution in [1.29, 1.82) is 0 Å². The van der Waals surface area contributed by atoms with Crippen molar-refractivity contribution in [3.8, 4) is 0 Å². The Morgan fingerprint density at radius 3 is 2.67 bits per heavy atom. The number of nitrogen functional groups attached to an aromatic ring is 1. The van der Waals surface area contributed by atoms with E-state index in [4.69, 9.17) is 5.73 Å². The third kappa shape index (κ3) is 5.66. The van der Waals surface area contributed by atoms with Crippen molar-refractivity contribution in [2.75, 3.05) is 12.3 Å². The molecule has 1 rings (SSSR count). The monoisotopic (exact) mass is 249 g/mol. The molecule has 0 aliphatic carbocycles. The molecule has 4 heteroatoms. The van der Waals surface area contributed by atoms with Gasteiger partial charge in [0.2, 0.25) is 0 Å². The van der Waals surface area contributed by atoms with Crippen LogP contribution in [0.1, 0.15) is 55.9 Å². The Hall–Kier alpha value is -1.58. The molecule has 0 unspecified atom stereocenters. The maximum Gasteiger partial charge on any atom is 0.269 e. The Morgan fingerprint density at radius 2 is 1.94 bits per heavy atom. The van der Waals surface area contributed by atoms with Crippen LogP contribution in [0, 0.1) is 0 Å². The van der Waals surface area contributed by atoms with Gasteiger partial charge in [0.05, 0.1) is 0 Å². The molecule has 0 saturated heterocycles. The molecule has 0 aliphatic rings. The molecule has 0 saturated carbocycles. The molecule has 0 bridgehead atoms. The maximum absolute atomic E-state index is 11.7. The predicted octanol–water partition coefficient (Wildman–Crippen LogP) is 2.75. The molecule has 1 aromatic rings. The topological polar surface area (TPSA) is 68.0 Å². The highest BCUT2D eigenvalue weighted by Crippen LogP contribution is 2.04. The van der Waals surface area contributed by atoms with Crippen LogP contribution in [0.15, 0.2) is 18.2 Å². The lowest BCUT2D eigenvalue weighted by Gasteiger charge is -2.05. The average Bonchev–Trinajstić information content (AvgIpc) is 2.37. The minimum Gasteiger partial charge on any atom is -0.384 e. The molecule has 1 aromatic heterocycles. The molecule has 0 radical (unpaired) electrons. The quantitative estimate of drug-likeness (QED) is 0.696. The van der Waals surface area contributed by atoms with E-state index < -0.39 is 0 Å². The number of unbranched alkanes of at least 4 members (excludes halogenated alkanes) is 5. The molecule has 18 heavy (non-hydrogen) atoms. The summed E-state index contributed by atoms with van der Waals surface area (Å²) in [6.07, 6.45) is 7.31. The maximum atomic E-state index is 11.7. The van der Waals surface area contributed by atoms with Crippen molar-refractivity contribution in [1.82, 2.24) is 10.3 Å². The minimum absolute atomic E-state index is 0.143. The second-order valence-electron chi connectivity index (χ2n) is 4.47. The second-order valence-corrected chi connectivity index (χ2v) is 4.47. The number of anilines is 1. The van der Waals surface area contributed by atoms with Gasteiger partial charge in [-0.3, -0.25) is 4.79 Å². The van der Waals surface area contributed by atoms with Gasteiger partial charge in [-0.15, -0.1) is 0 Å². The number of hydrogen-bond acceptors (Lipinski definition) is 3. The average molecular weight is 249 g/mol. The van der Waals surface area contributed by atoms with Gasteiger partial charge in [0.1, 0.15) is 11.5 Å². The molecule has 0 aromatic carbocycles. The van der Waals surface area contributed by atoms with E-state index in [-0.39, 0.29) is 5.91 Å². The summed E-state index contributed by atoms with van der Waals surface area (Å²) in [6, 6.07) is 5.08. The summed E-state index contributed by atoms with van der Waals surface area (Å²) in [5.74, 6) is 0.234. The standard InChI is InChI=1S/C14H23N3O/c1-2-3-4-5-6-7-11-16-14(18)12-9-8-10-13(15)17-12/h8-10H,2-7,11H2,1H3,(H2,15,17)(H,16,18). The van der Waals surface area contributed by atoms with Crippen molar-refractivity contribution < 1.29 is 4.79 Å². The highest BCUT2D eigenvalue weighted by molar-refractivity contribution is 5.92. The van der Waals surface area contributed by atoms with Crippen molar-refractivity contribution in [3.05, 3.63) is 23.9 Å². The summed E-state index contributed by atoms with van der Waals surface area (Å²) >= 11 is 0. The van der Waals surface area contributed by atoms with Gasteiger partial charge >= 0.3 is 0 Å². The fourth-order valence-electron chi connectivity index (χ4n) is 1.78. The minimum atomic E-state index is -0.143. The third-order valence-electron chi connectivity index (χ3n) is 2.82. The van der Waals surface area contributed by atoms with Crippen LogP contribution in [-0.2, 0) is 0 Å². The summed E-state index contributed by atoms with van der Waals surface area (Å²) in [7, 11) is 0. The molecular formula is C14H23N3O. The first-order chi connectivity index (χ1) is 8.74. The normalized spacial score (nSPS) is 10.3. The van der Waals surface area contributed by atoms with Crippen LogP contribution in [0.2, 0.25) is 0 Å². The van der Waals surface area contributed by atoms with E-state index in [1.54, 1.807) is 18.2 Å². The van der Waals surface area contributed by atoms with E-state index in [1.165, 1.54) is 32.1 Å². The molecule has 0 aliphatic heterocycles. The SMILES string of the molecule is CCCCCCCCNC(=O)c1cccc(N)n1. The highest BCUT2D eigenvalue weighted by Gasteiger charge is 2.05. The lowest BCUT2D eigenvalue weighted by molar-refractivity contribution is 0.0948. The molecule has 1 amide bonds. The van der Waals surface area contributed by atoms with Crippen LogP contribution >= 0.6 is 0 Å². The molecule has 0 atom stereocenters. The summed E-state index contributed by atoms with van der Waals surface area (Å²) in [4.78, 5) is 15.7. The van der Waals surface area contributed by atoms with Crippen LogP contribution < -0.4 is 11.1 Å². The molecule has 0 spiro atoms. The molecule has 3 N–H and O–H groups in total. The molecule has 1 heterocycles. The number of rotatable bonds is 8. The number of nitrogens with two attached hydrogens (primary N) is 1. The molecule has 100 valence electrons. The Morgan fingerprint density at radius 1 is 1.22 bits per heavy atom. The highest BCUT2D eigenvalue weighted by atomic mass is 16.1. The largest absolute Gasteiger partial charge is 0.384 e. The van der Waals surface area contributed by atoms with Crippen molar-refractivity contribution in [3.63, 3.8) is 0 Å². The van der Waals surface area contributed by atoms with Crippen LogP contribution in [0.5, 0.6) is 0 Å². The second kappa shape index (κ2) is 8.50. The van der Waals surface area contributed by atoms with Crippen molar-refractivity contribution >= 4 is 11.7 Å². The Labute approximate surface area is 109 Å². The lowest BCUT2D eigenvalue weighted by Crippen LogP contribution is -2.25. The van der Waals surface area contributed by atoms with Gasteiger partial charge in [-0.1, -0.05) is 45.1 Å². The number of amides is 1. The number of pyridine rings is 1. The molecule has 4 nitrogen and oxygen atoms in total. The smallest absolute Gasteiger partial charge is 0.269 e. The summed E-state index contributed by atoms with van der Waals surface area (Å²) in [5, 5.41) is 2.86. The first-order valence-electron chi connectivity index (χ1n) is 6.74. The summed E-state index contributed by atoms with van der Waals surface area (Å²) in [5.41, 5.74) is 5.92. The Balaban J connectivity index is 2.14. The number of hydrogen-bond donors (Lipinski definition) is 2. The molecular weight excluding hydrogens is 226 g/mol. The first kappa shape index (κ1) is 14.5. The van der Waals surface area contributed by atoms with E-state index in [9.17, 15) is 4.79 Å². The van der Waals surface area contributed by atoms with Gasteiger partial charge in [0.25, 0.3) is 5.91 Å². The molecule has 0 fully saturated rings. The van der Waals surface area contributed by atoms with Crippen LogP contribution in [-0.4, -0.2) is 17.4 Å². The number of nitrogens with zero attached hydrogens (tertiary/aromatic N) is 1. The zero-order valence-electron chi connectivity index (χ0n) is 11.1. The van der Waals surface area contributed by atoms with Crippen LogP contribution in [0.25, 0.3) is 0 Å². The van der Waals surface area contributed by atoms with Crippen LogP contribution in [0.4, 0.5) is 5.82 Å². The van der Waals surface area contributed by atoms with Crippen molar-refractivity contribution in [2.45, 2.75) is 45.4 Å². The van der Waals surface area contributed by atoms with E-state index in [0.29, 0.717) is 18.1 Å². The third-order valence-corrected chi connectivity index (χ3v) is 2.82. The van der Waals surface area contributed by atoms with E-state index in [1.807, 2.05) is 0 Å². The van der Waals surface area contributed by atoms with E-state index >= 15 is 0 Å². The summed E-state index contributed by atoms with van der Waals surface area (Å²) in [6.45, 7) is 2.92. The van der Waals surface area contributed by atoms with E-state index in [0.717, 1.165) is 6.42 Å². The van der Waals surface area contributed by atoms with Crippen molar-refractivity contribution in [2.24, 2.45) is 0 Å². The fourth-order valence-corrected chi connectivity index (χ4v) is 1.78. The Bertz CT molecular complexity index is 366. The zero-order chi connectivity index (χ0) is 13.2. The van der Waals surface area contributed by atoms with E-state index in [2.05, 4.69) is 17.2 Å². The number of carbonyl (C=O) groups is 1. The Kier molecular flexibility index (Phi) is 6.84. The van der Waals surface area contributed by atoms with Crippen LogP contribution in [0.3, 0.4) is 0 Å². The zero-order valence-corrected chi connectivity index (χ0v) is 11.1. The predicted molar refractivity (Wildman–Crippen MR) is 74.4 cm³/mol. The van der Waals surface area contributed by atoms with Gasteiger partial charge < -0.3 is 11.1 Å².